The van der Waals surface area contributed by atoms with E-state index >= 15 is 0 Å². The molecule has 0 aromatic heterocycles. The van der Waals surface area contributed by atoms with Crippen molar-refractivity contribution in [3.63, 3.8) is 0 Å². The molecular formula is C19H27NO. The summed E-state index contributed by atoms with van der Waals surface area (Å²) in [6.45, 7) is 0.614. The topological polar surface area (TPSA) is 46.2 Å². The minimum absolute atomic E-state index is 0.238. The first-order chi connectivity index (χ1) is 10.3. The number of nitrogens with two attached hydrogens (primary N) is 1. The third kappa shape index (κ3) is 2.33. The molecule has 2 nitrogen and oxygen atoms in total. The van der Waals surface area contributed by atoms with Crippen LogP contribution in [0.1, 0.15) is 43.8 Å². The summed E-state index contributed by atoms with van der Waals surface area (Å²) in [5.41, 5.74) is 7.17. The standard InChI is InChI=1S/C19H27NO/c20-11-17(19(21)14-4-2-1-3-5-14)18-15-7-12-6-13(9-15)10-16(18)8-12/h1-5,12-13,15-19,21H,6-11,20H2. The number of benzene rings is 1. The highest BCUT2D eigenvalue weighted by molar-refractivity contribution is 5.19. The van der Waals surface area contributed by atoms with Crippen molar-refractivity contribution in [2.24, 2.45) is 41.2 Å². The molecule has 0 spiro atoms. The van der Waals surface area contributed by atoms with Crippen LogP contribution in [0.4, 0.5) is 0 Å². The number of aliphatic hydroxyl groups excluding tert-OH is 1. The van der Waals surface area contributed by atoms with E-state index in [0.29, 0.717) is 12.5 Å². The van der Waals surface area contributed by atoms with Crippen LogP contribution in [0.25, 0.3) is 0 Å². The molecule has 1 aromatic rings. The average molecular weight is 285 g/mol. The molecule has 3 N–H and O–H groups in total. The molecule has 21 heavy (non-hydrogen) atoms. The van der Waals surface area contributed by atoms with E-state index in [9.17, 15) is 5.11 Å². The Morgan fingerprint density at radius 1 is 0.952 bits per heavy atom. The number of hydrogen-bond acceptors (Lipinski definition) is 2. The summed E-state index contributed by atoms with van der Waals surface area (Å²) >= 11 is 0. The molecule has 2 atom stereocenters. The number of hydrogen-bond donors (Lipinski definition) is 2. The SMILES string of the molecule is NCC(C(O)c1ccccc1)C1C2CC3CC(C2)CC1C3. The van der Waals surface area contributed by atoms with Crippen LogP contribution >= 0.6 is 0 Å². The molecular weight excluding hydrogens is 258 g/mol. The molecule has 2 heteroatoms. The van der Waals surface area contributed by atoms with Crippen molar-refractivity contribution in [1.29, 1.82) is 0 Å². The van der Waals surface area contributed by atoms with Gasteiger partial charge in [0.05, 0.1) is 6.10 Å². The Morgan fingerprint density at radius 2 is 1.52 bits per heavy atom. The van der Waals surface area contributed by atoms with E-state index in [1.807, 2.05) is 30.3 Å². The second-order valence-corrected chi connectivity index (χ2v) is 7.76. The van der Waals surface area contributed by atoms with Gasteiger partial charge in [0, 0.05) is 5.92 Å². The van der Waals surface area contributed by atoms with Crippen molar-refractivity contribution in [2.75, 3.05) is 6.54 Å². The van der Waals surface area contributed by atoms with Crippen molar-refractivity contribution in [3.05, 3.63) is 35.9 Å². The van der Waals surface area contributed by atoms with Crippen molar-refractivity contribution < 1.29 is 5.11 Å². The second kappa shape index (κ2) is 5.40. The molecule has 0 amide bonds. The van der Waals surface area contributed by atoms with Gasteiger partial charge in [-0.2, -0.15) is 0 Å². The zero-order valence-corrected chi connectivity index (χ0v) is 12.7. The summed E-state index contributed by atoms with van der Waals surface area (Å²) in [7, 11) is 0. The number of rotatable bonds is 4. The van der Waals surface area contributed by atoms with Crippen molar-refractivity contribution in [2.45, 2.75) is 38.2 Å². The van der Waals surface area contributed by atoms with E-state index in [4.69, 9.17) is 5.73 Å². The predicted molar refractivity (Wildman–Crippen MR) is 84.5 cm³/mol. The summed E-state index contributed by atoms with van der Waals surface area (Å²) in [5, 5.41) is 10.9. The first-order valence-corrected chi connectivity index (χ1v) is 8.69. The van der Waals surface area contributed by atoms with Gasteiger partial charge >= 0.3 is 0 Å². The fourth-order valence-corrected chi connectivity index (χ4v) is 6.06. The molecule has 4 saturated carbocycles. The Labute approximate surface area is 127 Å². The zero-order chi connectivity index (χ0) is 14.4. The smallest absolute Gasteiger partial charge is 0.0833 e. The molecule has 2 unspecified atom stereocenters. The van der Waals surface area contributed by atoms with E-state index in [-0.39, 0.29) is 5.92 Å². The summed E-state index contributed by atoms with van der Waals surface area (Å²) in [4.78, 5) is 0. The Kier molecular flexibility index (Phi) is 3.55. The highest BCUT2D eigenvalue weighted by atomic mass is 16.3. The van der Waals surface area contributed by atoms with Gasteiger partial charge in [-0.25, -0.2) is 0 Å². The molecule has 4 bridgehead atoms. The molecule has 1 aromatic carbocycles. The quantitative estimate of drug-likeness (QED) is 0.891. The molecule has 5 rings (SSSR count). The lowest BCUT2D eigenvalue weighted by atomic mass is 9.49. The Hall–Kier alpha value is -0.860. The van der Waals surface area contributed by atoms with Gasteiger partial charge in [0.25, 0.3) is 0 Å². The fourth-order valence-electron chi connectivity index (χ4n) is 6.06. The van der Waals surface area contributed by atoms with Crippen LogP contribution in [0.15, 0.2) is 30.3 Å². The third-order valence-electron chi connectivity index (χ3n) is 6.61. The first-order valence-electron chi connectivity index (χ1n) is 8.69. The molecule has 0 saturated heterocycles. The monoisotopic (exact) mass is 285 g/mol. The van der Waals surface area contributed by atoms with Gasteiger partial charge in [-0.1, -0.05) is 30.3 Å². The maximum atomic E-state index is 10.9. The summed E-state index contributed by atoms with van der Waals surface area (Å²) in [6, 6.07) is 10.1. The maximum Gasteiger partial charge on any atom is 0.0833 e. The van der Waals surface area contributed by atoms with Gasteiger partial charge < -0.3 is 10.8 Å². The summed E-state index contributed by atoms with van der Waals surface area (Å²) in [5.74, 6) is 4.51. The Morgan fingerprint density at radius 3 is 2.05 bits per heavy atom. The van der Waals surface area contributed by atoms with Gasteiger partial charge in [0.1, 0.15) is 0 Å². The van der Waals surface area contributed by atoms with Gasteiger partial charge in [0.15, 0.2) is 0 Å². The fraction of sp³-hybridized carbons (Fsp3) is 0.684. The van der Waals surface area contributed by atoms with Crippen LogP contribution in [0.3, 0.4) is 0 Å². The van der Waals surface area contributed by atoms with Gasteiger partial charge in [0.2, 0.25) is 0 Å². The van der Waals surface area contributed by atoms with Crippen LogP contribution in [0, 0.1) is 35.5 Å². The van der Waals surface area contributed by atoms with E-state index in [2.05, 4.69) is 0 Å². The Bertz CT molecular complexity index is 458. The third-order valence-corrected chi connectivity index (χ3v) is 6.61. The molecule has 4 fully saturated rings. The maximum absolute atomic E-state index is 10.9. The summed E-state index contributed by atoms with van der Waals surface area (Å²) in [6.07, 6.45) is 6.68. The largest absolute Gasteiger partial charge is 0.388 e. The lowest BCUT2D eigenvalue weighted by Crippen LogP contribution is -2.50. The molecule has 4 aliphatic rings. The van der Waals surface area contributed by atoms with Crippen LogP contribution in [-0.4, -0.2) is 11.7 Å². The van der Waals surface area contributed by atoms with Gasteiger partial charge in [-0.15, -0.1) is 0 Å². The minimum atomic E-state index is -0.390. The van der Waals surface area contributed by atoms with Crippen LogP contribution < -0.4 is 5.73 Å². The lowest BCUT2D eigenvalue weighted by molar-refractivity contribution is -0.0860. The van der Waals surface area contributed by atoms with Gasteiger partial charge in [-0.05, 0) is 73.8 Å². The normalized spacial score (nSPS) is 40.2. The molecule has 114 valence electrons. The van der Waals surface area contributed by atoms with Crippen molar-refractivity contribution in [3.8, 4) is 0 Å². The van der Waals surface area contributed by atoms with Crippen LogP contribution in [0.2, 0.25) is 0 Å². The number of aliphatic hydroxyl groups is 1. The van der Waals surface area contributed by atoms with E-state index < -0.39 is 6.10 Å². The van der Waals surface area contributed by atoms with Crippen molar-refractivity contribution >= 4 is 0 Å². The zero-order valence-electron chi connectivity index (χ0n) is 12.7. The van der Waals surface area contributed by atoms with Crippen LogP contribution in [-0.2, 0) is 0 Å². The van der Waals surface area contributed by atoms with E-state index in [1.54, 1.807) is 0 Å². The second-order valence-electron chi connectivity index (χ2n) is 7.76. The van der Waals surface area contributed by atoms with Gasteiger partial charge in [-0.3, -0.25) is 0 Å². The highest BCUT2D eigenvalue weighted by Crippen LogP contribution is 2.59. The van der Waals surface area contributed by atoms with Crippen LogP contribution in [0.5, 0.6) is 0 Å². The Balaban J connectivity index is 1.58. The summed E-state index contributed by atoms with van der Waals surface area (Å²) < 4.78 is 0. The molecule has 0 aliphatic heterocycles. The first kappa shape index (κ1) is 13.8. The lowest BCUT2D eigenvalue weighted by Gasteiger charge is -2.57. The average Bonchev–Trinajstić information content (AvgIpc) is 2.50. The minimum Gasteiger partial charge on any atom is -0.388 e. The molecule has 0 radical (unpaired) electrons. The highest BCUT2D eigenvalue weighted by Gasteiger charge is 2.51. The molecule has 4 aliphatic carbocycles. The predicted octanol–water partition coefficient (Wildman–Crippen LogP) is 3.37. The van der Waals surface area contributed by atoms with E-state index in [0.717, 1.165) is 29.2 Å². The molecule has 0 heterocycles. The van der Waals surface area contributed by atoms with Crippen molar-refractivity contribution in [1.82, 2.24) is 0 Å². The van der Waals surface area contributed by atoms with E-state index in [1.165, 1.54) is 32.1 Å².